The molecule has 1 aliphatic heterocycles. The van der Waals surface area contributed by atoms with E-state index in [1.807, 2.05) is 41.3 Å². The van der Waals surface area contributed by atoms with Gasteiger partial charge in [0.1, 0.15) is 17.1 Å². The molecule has 6 rings (SSSR count). The van der Waals surface area contributed by atoms with E-state index in [9.17, 15) is 27.6 Å². The number of hydrogen-bond donors (Lipinski definition) is 7. The van der Waals surface area contributed by atoms with Crippen LogP contribution in [-0.4, -0.2) is 85.2 Å². The van der Waals surface area contributed by atoms with E-state index in [2.05, 4.69) is 20.9 Å². The number of para-hydroxylation sites is 1. The fraction of sp³-hybridized carbons (Fsp3) is 0.295. The molecule has 0 fully saturated rings. The second-order valence-corrected chi connectivity index (χ2v) is 17.8. The van der Waals surface area contributed by atoms with Crippen molar-refractivity contribution >= 4 is 67.9 Å². The standard InChI is InChI=1S/C44H50ClN9O6S2/c1-27(55)53-62(59,60)31-16-14-28(15-17-31)32-18-19-35(45)40-34(32)26-51-42(57)39(23-30-25-49-36-11-4-3-10-33(30)36)54(2)44(58)38(12-5-6-20-46)52-41(56)37(13-7-21-47)50-24-29-9-8-22-48-43(29)61-40/h3-5,8-12,14-19,22,25,37-39,49-50H,6-7,13,20-21,23-24,26,46-47H2,1-2H3,(H,51,57)(H,52,56)(H,53,55)/b12-5+/t37-,38-,39-/m0/s1. The first-order valence-corrected chi connectivity index (χ1v) is 22.8. The quantitative estimate of drug-likeness (QED) is 0.0931. The Hall–Kier alpha value is -5.56. The number of carbonyl (C=O) groups excluding carboxylic acids is 4. The van der Waals surface area contributed by atoms with Crippen molar-refractivity contribution in [2.24, 2.45) is 11.5 Å². The van der Waals surface area contributed by atoms with E-state index in [0.717, 1.165) is 29.0 Å². The van der Waals surface area contributed by atoms with Crippen LogP contribution in [0.1, 0.15) is 42.9 Å². The third kappa shape index (κ3) is 11.1. The van der Waals surface area contributed by atoms with Crippen LogP contribution >= 0.6 is 23.4 Å². The Morgan fingerprint density at radius 2 is 1.77 bits per heavy atom. The van der Waals surface area contributed by atoms with Crippen molar-refractivity contribution in [1.82, 2.24) is 35.5 Å². The second kappa shape index (κ2) is 21.0. The number of likely N-dealkylation sites (N-methyl/N-ethyl adjacent to an activating group) is 1. The van der Waals surface area contributed by atoms with Crippen molar-refractivity contribution in [3.63, 3.8) is 0 Å². The number of nitrogens with two attached hydrogens (primary N) is 2. The molecule has 15 nitrogen and oxygen atoms in total. The number of H-pyrrole nitrogens is 1. The van der Waals surface area contributed by atoms with Crippen LogP contribution in [0.5, 0.6) is 0 Å². The number of rotatable bonds is 11. The number of pyridine rings is 1. The van der Waals surface area contributed by atoms with E-state index in [4.69, 9.17) is 28.1 Å². The van der Waals surface area contributed by atoms with Gasteiger partial charge in [-0.05, 0) is 90.5 Å². The van der Waals surface area contributed by atoms with E-state index >= 15 is 0 Å². The Balaban J connectivity index is 1.49. The maximum atomic E-state index is 14.8. The molecular formula is C44H50ClN9O6S2. The maximum absolute atomic E-state index is 14.8. The number of carbonyl (C=O) groups is 4. The zero-order valence-corrected chi connectivity index (χ0v) is 36.7. The predicted molar refractivity (Wildman–Crippen MR) is 240 cm³/mol. The molecule has 9 N–H and O–H groups in total. The Bertz CT molecular complexity index is 2570. The van der Waals surface area contributed by atoms with Gasteiger partial charge in [0.05, 0.1) is 16.0 Å². The van der Waals surface area contributed by atoms with E-state index in [1.165, 1.54) is 28.8 Å². The van der Waals surface area contributed by atoms with Crippen molar-refractivity contribution < 1.29 is 27.6 Å². The highest BCUT2D eigenvalue weighted by Crippen LogP contribution is 2.41. The van der Waals surface area contributed by atoms with Gasteiger partial charge in [-0.25, -0.2) is 18.1 Å². The lowest BCUT2D eigenvalue weighted by Gasteiger charge is -2.31. The highest BCUT2D eigenvalue weighted by atomic mass is 35.5. The van der Waals surface area contributed by atoms with Gasteiger partial charge in [-0.3, -0.25) is 19.2 Å². The normalized spacial score (nSPS) is 18.2. The zero-order chi connectivity index (χ0) is 44.4. The van der Waals surface area contributed by atoms with Crippen LogP contribution in [0.25, 0.3) is 22.0 Å². The molecule has 0 spiro atoms. The van der Waals surface area contributed by atoms with Gasteiger partial charge >= 0.3 is 0 Å². The second-order valence-electron chi connectivity index (χ2n) is 14.8. The molecule has 2 aromatic heterocycles. The lowest BCUT2D eigenvalue weighted by Crippen LogP contribution is -2.56. The van der Waals surface area contributed by atoms with Gasteiger partial charge in [0.25, 0.3) is 10.0 Å². The molecule has 0 bridgehead atoms. The number of aromatic amines is 1. The Morgan fingerprint density at radius 3 is 2.52 bits per heavy atom. The summed E-state index contributed by atoms with van der Waals surface area (Å²) in [5.41, 5.74) is 15.9. The smallest absolute Gasteiger partial charge is 0.264 e. The number of nitrogens with zero attached hydrogens (tertiary/aromatic N) is 2. The summed E-state index contributed by atoms with van der Waals surface area (Å²) in [5.74, 6) is -2.14. The third-order valence-corrected chi connectivity index (χ3v) is 13.5. The number of aromatic nitrogens is 2. The molecule has 0 saturated heterocycles. The van der Waals surface area contributed by atoms with Gasteiger partial charge in [0.2, 0.25) is 23.6 Å². The minimum absolute atomic E-state index is 0.0619. The first-order chi connectivity index (χ1) is 29.8. The summed E-state index contributed by atoms with van der Waals surface area (Å²) in [7, 11) is -2.57. The summed E-state index contributed by atoms with van der Waals surface area (Å²) in [6.45, 7) is 1.95. The largest absolute Gasteiger partial charge is 0.361 e. The zero-order valence-electron chi connectivity index (χ0n) is 34.3. The van der Waals surface area contributed by atoms with Crippen molar-refractivity contribution in [3.8, 4) is 11.1 Å². The van der Waals surface area contributed by atoms with E-state index in [1.54, 1.807) is 55.7 Å². The van der Waals surface area contributed by atoms with Crippen LogP contribution in [0, 0.1) is 0 Å². The number of hydrogen-bond acceptors (Lipinski definition) is 11. The monoisotopic (exact) mass is 899 g/mol. The molecule has 0 aliphatic carbocycles. The average molecular weight is 901 g/mol. The SMILES string of the molecule is CC(=O)NS(=O)(=O)c1ccc(-c2ccc(Cl)c3c2CNC(=O)[C@H](Cc2c[nH]c4ccccc24)N(C)C(=O)[C@H](/C=C/CCN)NC(=O)[C@H](CCCN)NCc2cccnc2S3)cc1. The predicted octanol–water partition coefficient (Wildman–Crippen LogP) is 4.15. The summed E-state index contributed by atoms with van der Waals surface area (Å²) < 4.78 is 27.6. The lowest BCUT2D eigenvalue weighted by atomic mass is 9.99. The van der Waals surface area contributed by atoms with Crippen LogP contribution in [0.4, 0.5) is 0 Å². The van der Waals surface area contributed by atoms with Crippen LogP contribution in [0.2, 0.25) is 5.02 Å². The summed E-state index contributed by atoms with van der Waals surface area (Å²) in [5, 5.41) is 11.2. The Morgan fingerprint density at radius 1 is 1.00 bits per heavy atom. The highest BCUT2D eigenvalue weighted by Gasteiger charge is 2.34. The van der Waals surface area contributed by atoms with Crippen molar-refractivity contribution in [3.05, 3.63) is 119 Å². The van der Waals surface area contributed by atoms with Gasteiger partial charge in [-0.1, -0.05) is 78.0 Å². The molecule has 0 saturated carbocycles. The van der Waals surface area contributed by atoms with Crippen LogP contribution in [0.15, 0.2) is 112 Å². The molecule has 0 radical (unpaired) electrons. The van der Waals surface area contributed by atoms with Crippen molar-refractivity contribution in [1.29, 1.82) is 0 Å². The highest BCUT2D eigenvalue weighted by molar-refractivity contribution is 7.99. The van der Waals surface area contributed by atoms with Crippen LogP contribution in [0.3, 0.4) is 0 Å². The number of nitrogens with one attached hydrogen (secondary N) is 5. The van der Waals surface area contributed by atoms with Crippen LogP contribution < -0.4 is 32.1 Å². The summed E-state index contributed by atoms with van der Waals surface area (Å²) in [6.07, 6.45) is 8.29. The van der Waals surface area contributed by atoms with Crippen LogP contribution in [-0.2, 0) is 48.7 Å². The average Bonchev–Trinajstić information content (AvgIpc) is 3.67. The number of sulfonamides is 1. The molecule has 0 unspecified atom stereocenters. The van der Waals surface area contributed by atoms with Crippen molar-refractivity contribution in [2.75, 3.05) is 20.1 Å². The minimum Gasteiger partial charge on any atom is -0.361 e. The molecule has 326 valence electrons. The summed E-state index contributed by atoms with van der Waals surface area (Å²) in [4.78, 5) is 64.9. The molecule has 3 atom stereocenters. The Kier molecular flexibility index (Phi) is 15.6. The molecule has 3 heterocycles. The minimum atomic E-state index is -4.11. The first kappa shape index (κ1) is 46.0. The summed E-state index contributed by atoms with van der Waals surface area (Å²) >= 11 is 8.30. The number of benzene rings is 3. The van der Waals surface area contributed by atoms with E-state index in [0.29, 0.717) is 64.0 Å². The van der Waals surface area contributed by atoms with E-state index in [-0.39, 0.29) is 24.4 Å². The lowest BCUT2D eigenvalue weighted by molar-refractivity contribution is -0.141. The molecule has 1 aliphatic rings. The third-order valence-electron chi connectivity index (χ3n) is 10.4. The van der Waals surface area contributed by atoms with E-state index < -0.39 is 51.8 Å². The summed E-state index contributed by atoms with van der Waals surface area (Å²) in [6, 6.07) is 17.9. The molecule has 4 amide bonds. The molecule has 62 heavy (non-hydrogen) atoms. The molecule has 18 heteroatoms. The molecule has 5 aromatic rings. The Labute approximate surface area is 369 Å². The molecular weight excluding hydrogens is 850 g/mol. The fourth-order valence-corrected chi connectivity index (χ4v) is 9.53. The number of fused-ring (bicyclic) bond motifs is 3. The van der Waals surface area contributed by atoms with Gasteiger partial charge in [-0.15, -0.1) is 0 Å². The van der Waals surface area contributed by atoms with Crippen molar-refractivity contribution in [2.45, 2.75) is 78.6 Å². The maximum Gasteiger partial charge on any atom is 0.264 e. The van der Waals surface area contributed by atoms with Gasteiger partial charge in [0, 0.05) is 61.7 Å². The van der Waals surface area contributed by atoms with Gasteiger partial charge < -0.3 is 37.3 Å². The number of amides is 4. The fourth-order valence-electron chi connectivity index (χ4n) is 7.20. The van der Waals surface area contributed by atoms with Gasteiger partial charge in [-0.2, -0.15) is 0 Å². The molecule has 3 aromatic carbocycles. The first-order valence-electron chi connectivity index (χ1n) is 20.1. The number of halogens is 1. The topological polar surface area (TPSA) is 234 Å². The van der Waals surface area contributed by atoms with Gasteiger partial charge in [0.15, 0.2) is 0 Å².